The minimum Gasteiger partial charge on any atom is -0.298 e. The fraction of sp³-hybridized carbons (Fsp3) is 0.455. The molecule has 0 N–H and O–H groups in total. The number of aryl methyl sites for hydroxylation is 1. The Balaban J connectivity index is 0.000000241. The lowest BCUT2D eigenvalue weighted by Crippen LogP contribution is -1.91. The van der Waals surface area contributed by atoms with Gasteiger partial charge < -0.3 is 0 Å². The number of hydrogen-bond acceptors (Lipinski definition) is 2. The molecule has 0 amide bonds. The van der Waals surface area contributed by atoms with Crippen LogP contribution in [0.15, 0.2) is 30.3 Å². The van der Waals surface area contributed by atoms with E-state index in [4.69, 9.17) is 0 Å². The van der Waals surface area contributed by atoms with E-state index in [-0.39, 0.29) is 0 Å². The average molecular weight is 212 g/mol. The van der Waals surface area contributed by atoms with Gasteiger partial charge in [-0.1, -0.05) is 49.2 Å². The van der Waals surface area contributed by atoms with Gasteiger partial charge in [-0.2, -0.15) is 0 Å². The third-order valence-electron chi connectivity index (χ3n) is 1.64. The Morgan fingerprint density at radius 1 is 1.21 bits per heavy atom. The van der Waals surface area contributed by atoms with E-state index < -0.39 is 0 Å². The minimum absolute atomic E-state index is 0.684. The van der Waals surface area contributed by atoms with Crippen LogP contribution in [0.4, 0.5) is 0 Å². The van der Waals surface area contributed by atoms with E-state index >= 15 is 0 Å². The van der Waals surface area contributed by atoms with Crippen LogP contribution in [0.25, 0.3) is 0 Å². The lowest BCUT2D eigenvalue weighted by atomic mass is 10.2. The van der Waals surface area contributed by atoms with Gasteiger partial charge >= 0.3 is 0 Å². The molecule has 0 unspecified atom stereocenters. The van der Waals surface area contributed by atoms with E-state index in [1.165, 1.54) is 12.0 Å². The molecule has 0 spiro atoms. The molecule has 14 heavy (non-hydrogen) atoms. The smallest absolute Gasteiger partial charge is 0.193 e. The van der Waals surface area contributed by atoms with E-state index in [1.807, 2.05) is 18.2 Å². The van der Waals surface area contributed by atoms with Gasteiger partial charge in [0.2, 0.25) is 0 Å². The quantitative estimate of drug-likeness (QED) is 0.329. The highest BCUT2D eigenvalue weighted by molar-refractivity contribution is 5.97. The topological polar surface area (TPSA) is 18.5 Å². The summed E-state index contributed by atoms with van der Waals surface area (Å²) < 4.78 is 4.48. The summed E-state index contributed by atoms with van der Waals surface area (Å²) >= 11 is 0. The van der Waals surface area contributed by atoms with Crippen LogP contribution in [0.2, 0.25) is 0 Å². The predicted octanol–water partition coefficient (Wildman–Crippen LogP) is 2.01. The molecular formula is C11H20O2Si. The van der Waals surface area contributed by atoms with Gasteiger partial charge in [-0.3, -0.25) is 4.58 Å². The van der Waals surface area contributed by atoms with E-state index in [9.17, 15) is 0 Å². The molecule has 0 saturated heterocycles. The monoisotopic (exact) mass is 212 g/mol. The highest BCUT2D eigenvalue weighted by atomic mass is 28.2. The lowest BCUT2D eigenvalue weighted by Gasteiger charge is -1.94. The number of unbranched alkanes of at least 4 members (excludes halogenated alkanes) is 1. The summed E-state index contributed by atoms with van der Waals surface area (Å²) in [7, 11) is 0.684. The molecule has 1 aromatic carbocycles. The number of benzene rings is 1. The van der Waals surface area contributed by atoms with Crippen molar-refractivity contribution < 1.29 is 9.46 Å². The van der Waals surface area contributed by atoms with Crippen LogP contribution in [0, 0.1) is 6.92 Å². The molecule has 80 valence electrons. The van der Waals surface area contributed by atoms with Crippen molar-refractivity contribution in [3.05, 3.63) is 35.9 Å². The Kier molecular flexibility index (Phi) is 9.96. The first kappa shape index (κ1) is 13.4. The van der Waals surface area contributed by atoms with Crippen molar-refractivity contribution in [3.8, 4) is 0 Å². The van der Waals surface area contributed by atoms with Crippen molar-refractivity contribution in [2.75, 3.05) is 6.61 Å². The van der Waals surface area contributed by atoms with Gasteiger partial charge in [0.15, 0.2) is 10.5 Å². The predicted molar refractivity (Wildman–Crippen MR) is 63.1 cm³/mol. The first-order chi connectivity index (χ1) is 6.81. The fourth-order valence-corrected chi connectivity index (χ4v) is 0.988. The zero-order valence-electron chi connectivity index (χ0n) is 9.32. The highest BCUT2D eigenvalue weighted by Crippen LogP contribution is 1.92. The van der Waals surface area contributed by atoms with E-state index in [0.29, 0.717) is 10.5 Å². The van der Waals surface area contributed by atoms with Gasteiger partial charge in [-0.25, -0.2) is 4.89 Å². The van der Waals surface area contributed by atoms with Crippen molar-refractivity contribution in [1.29, 1.82) is 0 Å². The molecule has 0 heterocycles. The Bertz CT molecular complexity index is 198. The van der Waals surface area contributed by atoms with Crippen molar-refractivity contribution in [3.63, 3.8) is 0 Å². The number of rotatable bonds is 4. The molecule has 0 atom stereocenters. The van der Waals surface area contributed by atoms with Crippen LogP contribution in [0.1, 0.15) is 25.3 Å². The maximum atomic E-state index is 4.64. The van der Waals surface area contributed by atoms with Crippen LogP contribution in [-0.4, -0.2) is 17.1 Å². The summed E-state index contributed by atoms with van der Waals surface area (Å²) in [4.78, 5) is 4.64. The second-order valence-corrected chi connectivity index (χ2v) is 3.33. The van der Waals surface area contributed by atoms with Gasteiger partial charge in [0.05, 0.1) is 6.61 Å². The molecule has 2 nitrogen and oxygen atoms in total. The molecule has 0 saturated carbocycles. The maximum absolute atomic E-state index is 4.64. The van der Waals surface area contributed by atoms with E-state index in [1.54, 1.807) is 0 Å². The van der Waals surface area contributed by atoms with Gasteiger partial charge in [0.25, 0.3) is 0 Å². The van der Waals surface area contributed by atoms with Crippen molar-refractivity contribution in [2.24, 2.45) is 0 Å². The zero-order valence-corrected chi connectivity index (χ0v) is 11.3. The van der Waals surface area contributed by atoms with E-state index in [0.717, 1.165) is 13.0 Å². The number of hydrogen-bond donors (Lipinski definition) is 0. The summed E-state index contributed by atoms with van der Waals surface area (Å²) in [5.74, 6) is 0. The molecule has 0 aliphatic heterocycles. The SMILES string of the molecule is CCCCOO[SiH3].Cc1ccccc1. The fourth-order valence-electron chi connectivity index (χ4n) is 0.821. The Morgan fingerprint density at radius 3 is 2.21 bits per heavy atom. The third kappa shape index (κ3) is 9.44. The van der Waals surface area contributed by atoms with Gasteiger partial charge in [0.1, 0.15) is 0 Å². The molecule has 0 aliphatic rings. The molecule has 0 bridgehead atoms. The molecule has 0 aromatic heterocycles. The maximum Gasteiger partial charge on any atom is 0.193 e. The largest absolute Gasteiger partial charge is 0.298 e. The summed E-state index contributed by atoms with van der Waals surface area (Å²) in [5.41, 5.74) is 1.32. The first-order valence-corrected chi connectivity index (χ1v) is 5.80. The van der Waals surface area contributed by atoms with Gasteiger partial charge in [0, 0.05) is 0 Å². The standard InChI is InChI=1S/C7H8.C4H12O2Si/c1-7-5-3-2-4-6-7;1-2-3-4-5-6-7/h2-6H,1H3;2-4H2,1,7H3. The normalized spacial score (nSPS) is 9.29. The Labute approximate surface area is 89.7 Å². The summed E-state index contributed by atoms with van der Waals surface area (Å²) in [5, 5.41) is 0. The molecular weight excluding hydrogens is 192 g/mol. The first-order valence-electron chi connectivity index (χ1n) is 4.98. The van der Waals surface area contributed by atoms with Crippen molar-refractivity contribution in [2.45, 2.75) is 26.7 Å². The Morgan fingerprint density at radius 2 is 1.86 bits per heavy atom. The molecule has 0 radical (unpaired) electrons. The molecule has 0 fully saturated rings. The van der Waals surface area contributed by atoms with Crippen LogP contribution < -0.4 is 0 Å². The summed E-state index contributed by atoms with van der Waals surface area (Å²) in [6.07, 6.45) is 2.27. The van der Waals surface area contributed by atoms with Gasteiger partial charge in [-0.05, 0) is 13.3 Å². The minimum atomic E-state index is 0.684. The van der Waals surface area contributed by atoms with Gasteiger partial charge in [-0.15, -0.1) is 0 Å². The Hall–Kier alpha value is -0.643. The van der Waals surface area contributed by atoms with E-state index in [2.05, 4.69) is 35.4 Å². The van der Waals surface area contributed by atoms with Crippen LogP contribution >= 0.6 is 0 Å². The van der Waals surface area contributed by atoms with Crippen LogP contribution in [-0.2, 0) is 9.46 Å². The molecule has 3 heteroatoms. The van der Waals surface area contributed by atoms with Crippen LogP contribution in [0.5, 0.6) is 0 Å². The second kappa shape index (κ2) is 10.4. The van der Waals surface area contributed by atoms with Crippen LogP contribution in [0.3, 0.4) is 0 Å². The molecule has 0 aliphatic carbocycles. The summed E-state index contributed by atoms with van der Waals surface area (Å²) in [6, 6.07) is 10.3. The highest BCUT2D eigenvalue weighted by Gasteiger charge is 1.79. The molecule has 1 rings (SSSR count). The zero-order chi connectivity index (χ0) is 10.6. The summed E-state index contributed by atoms with van der Waals surface area (Å²) in [6.45, 7) is 4.95. The third-order valence-corrected chi connectivity index (χ3v) is 1.88. The average Bonchev–Trinajstić information content (AvgIpc) is 2.21. The van der Waals surface area contributed by atoms with Crippen molar-refractivity contribution in [1.82, 2.24) is 0 Å². The lowest BCUT2D eigenvalue weighted by molar-refractivity contribution is -0.204. The van der Waals surface area contributed by atoms with Crippen molar-refractivity contribution >= 4 is 10.5 Å². The molecule has 1 aromatic rings. The second-order valence-electron chi connectivity index (χ2n) is 3.00.